The quantitative estimate of drug-likeness (QED) is 0.340. The van der Waals surface area contributed by atoms with E-state index in [0.29, 0.717) is 34.6 Å². The topological polar surface area (TPSA) is 139 Å². The number of alkyl halides is 3. The highest BCUT2D eigenvalue weighted by atomic mass is 32.1. The molecule has 0 bridgehead atoms. The van der Waals surface area contributed by atoms with E-state index in [4.69, 9.17) is 10.5 Å². The number of nitrogens with two attached hydrogens (primary N) is 1. The minimum absolute atomic E-state index is 0.0437. The number of fused-ring (bicyclic) bond motifs is 2. The van der Waals surface area contributed by atoms with Gasteiger partial charge in [-0.25, -0.2) is 9.78 Å². The number of anilines is 3. The van der Waals surface area contributed by atoms with E-state index in [0.717, 1.165) is 24.2 Å². The van der Waals surface area contributed by atoms with E-state index in [-0.39, 0.29) is 16.4 Å². The summed E-state index contributed by atoms with van der Waals surface area (Å²) in [7, 11) is 1.72. The summed E-state index contributed by atoms with van der Waals surface area (Å²) in [6.45, 7) is 0.452. The Kier molecular flexibility index (Phi) is 6.47. The first-order chi connectivity index (χ1) is 18.0. The van der Waals surface area contributed by atoms with E-state index in [1.807, 2.05) is 0 Å². The Balaban J connectivity index is 1.58. The van der Waals surface area contributed by atoms with Crippen LogP contribution < -0.4 is 26.0 Å². The number of rotatable bonds is 7. The number of carboxylic acid groups (broad SMARTS) is 1. The van der Waals surface area contributed by atoms with Crippen LogP contribution in [0.2, 0.25) is 0 Å². The largest absolute Gasteiger partial charge is 0.573 e. The number of amides is 1. The molecular formula is C24H24F3N5O5S. The van der Waals surface area contributed by atoms with Crippen molar-refractivity contribution in [2.45, 2.75) is 37.5 Å². The molecule has 1 saturated heterocycles. The predicted molar refractivity (Wildman–Crippen MR) is 134 cm³/mol. The number of ether oxygens (including phenoxy) is 2. The van der Waals surface area contributed by atoms with Gasteiger partial charge in [-0.2, -0.15) is 0 Å². The van der Waals surface area contributed by atoms with Crippen LogP contribution in [0.3, 0.4) is 0 Å². The highest BCUT2D eigenvalue weighted by molar-refractivity contribution is 7.22. The summed E-state index contributed by atoms with van der Waals surface area (Å²) >= 11 is 1.06. The highest BCUT2D eigenvalue weighted by Crippen LogP contribution is 2.46. The molecule has 2 aromatic carbocycles. The third-order valence-corrected chi connectivity index (χ3v) is 7.63. The molecule has 1 aromatic heterocycles. The number of nitrogens with one attached hydrogen (secondary N) is 2. The van der Waals surface area contributed by atoms with Crippen molar-refractivity contribution in [3.05, 3.63) is 42.0 Å². The van der Waals surface area contributed by atoms with Crippen molar-refractivity contribution < 1.29 is 37.3 Å². The summed E-state index contributed by atoms with van der Waals surface area (Å²) in [6, 6.07) is 8.32. The molecule has 10 nitrogen and oxygen atoms in total. The summed E-state index contributed by atoms with van der Waals surface area (Å²) in [6.07, 6.45) is -3.16. The number of aromatic carboxylic acids is 1. The van der Waals surface area contributed by atoms with Gasteiger partial charge in [-0.3, -0.25) is 4.79 Å². The molecule has 38 heavy (non-hydrogen) atoms. The number of carbonyl (C=O) groups excluding carboxylic acids is 1. The van der Waals surface area contributed by atoms with Crippen LogP contribution in [0.4, 0.5) is 29.7 Å². The molecule has 5 N–H and O–H groups in total. The van der Waals surface area contributed by atoms with E-state index in [9.17, 15) is 27.9 Å². The number of carbonyl (C=O) groups is 2. The number of nitrogens with zero attached hydrogens (tertiary/aromatic N) is 2. The molecule has 0 spiro atoms. The molecule has 3 unspecified atom stereocenters. The van der Waals surface area contributed by atoms with Gasteiger partial charge in [0.1, 0.15) is 11.7 Å². The van der Waals surface area contributed by atoms with Gasteiger partial charge in [0.05, 0.1) is 33.3 Å². The number of thiazole rings is 1. The molecule has 0 aliphatic carbocycles. The molecule has 3 heterocycles. The number of primary amides is 1. The van der Waals surface area contributed by atoms with Crippen LogP contribution in [0.25, 0.3) is 10.2 Å². The van der Waals surface area contributed by atoms with Gasteiger partial charge in [-0.05, 0) is 49.6 Å². The first-order valence-electron chi connectivity index (χ1n) is 11.7. The zero-order chi connectivity index (χ0) is 27.2. The molecule has 2 aliphatic heterocycles. The Morgan fingerprint density at radius 2 is 2.11 bits per heavy atom. The second-order valence-electron chi connectivity index (χ2n) is 9.09. The standard InChI is InChI=1S/C24H24F3N5O5S/c1-32-16-8-5-12(21(34)35)10-15(16)30-23(32,19(20(28)33)17-4-2-3-9-36-17)31-22-29-14-7-6-13(11-18(14)38-22)37-24(25,26)27/h5-8,10-11,17,19,30H,2-4,9H2,1H3,(H2,28,33)(H,29,31)(H,34,35). The average molecular weight is 552 g/mol. The van der Waals surface area contributed by atoms with Crippen LogP contribution >= 0.6 is 11.3 Å². The number of hydrogen-bond acceptors (Lipinski definition) is 9. The highest BCUT2D eigenvalue weighted by Gasteiger charge is 2.55. The molecule has 3 aromatic rings. The number of carboxylic acids is 1. The van der Waals surface area contributed by atoms with Crippen LogP contribution in [0.15, 0.2) is 36.4 Å². The zero-order valence-electron chi connectivity index (χ0n) is 20.0. The van der Waals surface area contributed by atoms with Gasteiger partial charge in [0.2, 0.25) is 11.7 Å². The summed E-state index contributed by atoms with van der Waals surface area (Å²) in [4.78, 5) is 30.8. The third-order valence-electron chi connectivity index (χ3n) is 6.69. The fourth-order valence-electron chi connectivity index (χ4n) is 5.03. The van der Waals surface area contributed by atoms with Gasteiger partial charge < -0.3 is 35.8 Å². The van der Waals surface area contributed by atoms with Crippen LogP contribution in [-0.2, 0) is 9.53 Å². The van der Waals surface area contributed by atoms with Crippen LogP contribution in [-0.4, -0.2) is 53.9 Å². The lowest BCUT2D eigenvalue weighted by molar-refractivity contribution is -0.274. The van der Waals surface area contributed by atoms with Crippen molar-refractivity contribution >= 4 is 49.9 Å². The first kappa shape index (κ1) is 25.9. The smallest absolute Gasteiger partial charge is 0.478 e. The summed E-state index contributed by atoms with van der Waals surface area (Å²) in [5, 5.41) is 16.3. The minimum Gasteiger partial charge on any atom is -0.478 e. The molecule has 0 radical (unpaired) electrons. The third kappa shape index (κ3) is 4.76. The number of hydrogen-bond donors (Lipinski definition) is 4. The first-order valence-corrected chi connectivity index (χ1v) is 12.5. The van der Waals surface area contributed by atoms with Crippen LogP contribution in [0, 0.1) is 5.92 Å². The molecule has 1 fully saturated rings. The Bertz CT molecular complexity index is 1390. The second kappa shape index (κ2) is 9.51. The van der Waals surface area contributed by atoms with Crippen molar-refractivity contribution in [2.24, 2.45) is 11.7 Å². The Hall–Kier alpha value is -3.78. The van der Waals surface area contributed by atoms with Gasteiger partial charge in [0, 0.05) is 19.7 Å². The fraction of sp³-hybridized carbons (Fsp3) is 0.375. The van der Waals surface area contributed by atoms with Crippen LogP contribution in [0.5, 0.6) is 5.75 Å². The minimum atomic E-state index is -4.84. The van der Waals surface area contributed by atoms with Crippen molar-refractivity contribution in [1.82, 2.24) is 4.98 Å². The van der Waals surface area contributed by atoms with Crippen molar-refractivity contribution in [2.75, 3.05) is 29.2 Å². The lowest BCUT2D eigenvalue weighted by atomic mass is 9.87. The molecule has 2 aliphatic rings. The van der Waals surface area contributed by atoms with E-state index < -0.39 is 36.0 Å². The van der Waals surface area contributed by atoms with Crippen LogP contribution in [0.1, 0.15) is 29.6 Å². The monoisotopic (exact) mass is 551 g/mol. The second-order valence-corrected chi connectivity index (χ2v) is 10.1. The van der Waals surface area contributed by atoms with Crippen molar-refractivity contribution in [3.63, 3.8) is 0 Å². The van der Waals surface area contributed by atoms with Crippen molar-refractivity contribution in [1.29, 1.82) is 0 Å². The summed E-state index contributed by atoms with van der Waals surface area (Å²) in [5.41, 5.74) is 7.47. The maximum absolute atomic E-state index is 13.0. The number of benzene rings is 2. The van der Waals surface area contributed by atoms with E-state index >= 15 is 0 Å². The number of aromatic nitrogens is 1. The normalized spacial score (nSPS) is 22.0. The molecule has 14 heteroatoms. The maximum atomic E-state index is 13.0. The van der Waals surface area contributed by atoms with Crippen molar-refractivity contribution in [3.8, 4) is 5.75 Å². The van der Waals surface area contributed by atoms with E-state index in [1.54, 1.807) is 18.0 Å². The Labute approximate surface area is 218 Å². The maximum Gasteiger partial charge on any atom is 0.573 e. The summed E-state index contributed by atoms with van der Waals surface area (Å²) < 4.78 is 48.5. The SMILES string of the molecule is CN1c2ccc(C(=O)O)cc2NC1(Nc1nc2ccc(OC(F)(F)F)cc2s1)C(C(N)=O)C1CCCCO1. The van der Waals surface area contributed by atoms with Gasteiger partial charge in [0.25, 0.3) is 0 Å². The average Bonchev–Trinajstić information content (AvgIpc) is 3.36. The molecule has 3 atom stereocenters. The van der Waals surface area contributed by atoms with Gasteiger partial charge >= 0.3 is 12.3 Å². The summed E-state index contributed by atoms with van der Waals surface area (Å²) in [5.74, 6) is -4.55. The molecule has 1 amide bonds. The Morgan fingerprint density at radius 1 is 1.32 bits per heavy atom. The molecule has 202 valence electrons. The molecule has 5 rings (SSSR count). The predicted octanol–water partition coefficient (Wildman–Crippen LogP) is 4.19. The molecular weight excluding hydrogens is 527 g/mol. The van der Waals surface area contributed by atoms with Gasteiger partial charge in [-0.15, -0.1) is 13.2 Å². The number of halogens is 3. The lowest BCUT2D eigenvalue weighted by Gasteiger charge is -2.46. The lowest BCUT2D eigenvalue weighted by Crippen LogP contribution is -2.67. The van der Waals surface area contributed by atoms with Gasteiger partial charge in [0.15, 0.2) is 5.13 Å². The zero-order valence-corrected chi connectivity index (χ0v) is 20.9. The molecule has 0 saturated carbocycles. The van der Waals surface area contributed by atoms with E-state index in [1.165, 1.54) is 30.3 Å². The van der Waals surface area contributed by atoms with Gasteiger partial charge in [-0.1, -0.05) is 11.3 Å². The Morgan fingerprint density at radius 3 is 2.76 bits per heavy atom. The fourth-order valence-corrected chi connectivity index (χ4v) is 5.98. The van der Waals surface area contributed by atoms with E-state index in [2.05, 4.69) is 20.4 Å².